The van der Waals surface area contributed by atoms with Crippen molar-refractivity contribution in [3.8, 4) is 78.7 Å². The smallest absolute Gasteiger partial charge is 0.0978 e. The molecule has 94 heavy (non-hydrogen) atoms. The van der Waals surface area contributed by atoms with E-state index >= 15 is 0 Å². The Morgan fingerprint density at radius 1 is 0.213 bits per heavy atom. The minimum absolute atomic E-state index is 0.846. The second kappa shape index (κ2) is 20.8. The van der Waals surface area contributed by atoms with Gasteiger partial charge in [0, 0.05) is 128 Å². The van der Waals surface area contributed by atoms with Crippen molar-refractivity contribution in [2.24, 2.45) is 0 Å². The summed E-state index contributed by atoms with van der Waals surface area (Å²) in [6.07, 6.45) is 0. The highest BCUT2D eigenvalue weighted by Gasteiger charge is 2.22. The first-order valence-electron chi connectivity index (χ1n) is 31.6. The molecule has 0 bridgehead atoms. The quantitative estimate of drug-likeness (QED) is 0.148. The maximum Gasteiger partial charge on any atom is 0.0978 e. The van der Waals surface area contributed by atoms with Crippen LogP contribution in [0.25, 0.3) is 206 Å². The molecule has 20 rings (SSSR count). The lowest BCUT2D eigenvalue weighted by molar-refractivity contribution is 1.36. The van der Waals surface area contributed by atoms with Crippen LogP contribution in [0.4, 0.5) is 0 Å². The van der Waals surface area contributed by atoms with Crippen LogP contribution in [0.15, 0.2) is 291 Å². The molecule has 0 saturated heterocycles. The third-order valence-corrected chi connectivity index (χ3v) is 21.4. The molecule has 12 aromatic carbocycles. The molecule has 0 atom stereocenters. The summed E-state index contributed by atoms with van der Waals surface area (Å²) in [7, 11) is 0. The number of hydrogen-bond acceptors (Lipinski definition) is 8. The van der Waals surface area contributed by atoms with Crippen LogP contribution in [-0.2, 0) is 0 Å². The lowest BCUT2D eigenvalue weighted by atomic mass is 9.93. The molecule has 0 amide bonds. The number of fused-ring (bicyclic) bond motifs is 20. The molecule has 6 nitrogen and oxygen atoms in total. The molecular formula is C86H48N6S2. The van der Waals surface area contributed by atoms with E-state index in [4.69, 9.17) is 29.9 Å². The summed E-state index contributed by atoms with van der Waals surface area (Å²) in [5.41, 5.74) is 19.2. The molecule has 0 aliphatic carbocycles. The van der Waals surface area contributed by atoms with Gasteiger partial charge in [-0.2, -0.15) is 0 Å². The predicted octanol–water partition coefficient (Wildman–Crippen LogP) is 23.7. The minimum atomic E-state index is 0.846. The Labute approximate surface area is 546 Å². The van der Waals surface area contributed by atoms with Crippen molar-refractivity contribution in [1.29, 1.82) is 0 Å². The molecular weight excluding hydrogens is 1180 g/mol. The zero-order chi connectivity index (χ0) is 61.5. The largest absolute Gasteiger partial charge is 0.247 e. The second-order valence-electron chi connectivity index (χ2n) is 24.4. The Morgan fingerprint density at radius 2 is 0.638 bits per heavy atom. The van der Waals surface area contributed by atoms with Crippen molar-refractivity contribution < 1.29 is 0 Å². The summed E-state index contributed by atoms with van der Waals surface area (Å²) in [6.45, 7) is 0. The molecule has 8 heteroatoms. The Bertz CT molecular complexity index is 6600. The van der Waals surface area contributed by atoms with Gasteiger partial charge in [-0.15, -0.1) is 22.7 Å². The van der Waals surface area contributed by atoms with Gasteiger partial charge in [-0.1, -0.05) is 218 Å². The van der Waals surface area contributed by atoms with Gasteiger partial charge in [-0.05, 0) is 83.9 Å². The molecule has 0 N–H and O–H groups in total. The average molecular weight is 1230 g/mol. The molecule has 0 fully saturated rings. The van der Waals surface area contributed by atoms with Crippen LogP contribution in [0.2, 0.25) is 0 Å². The van der Waals surface area contributed by atoms with E-state index < -0.39 is 0 Å². The first kappa shape index (κ1) is 52.8. The lowest BCUT2D eigenvalue weighted by Gasteiger charge is -2.15. The number of para-hydroxylation sites is 1. The summed E-state index contributed by atoms with van der Waals surface area (Å²) >= 11 is 3.72. The highest BCUT2D eigenvalue weighted by atomic mass is 32.1. The molecule has 434 valence electrons. The Balaban J connectivity index is 0.724. The Hall–Kier alpha value is -11.9. The van der Waals surface area contributed by atoms with Gasteiger partial charge < -0.3 is 0 Å². The van der Waals surface area contributed by atoms with Crippen LogP contribution in [0.5, 0.6) is 0 Å². The van der Waals surface area contributed by atoms with E-state index in [1.54, 1.807) is 0 Å². The minimum Gasteiger partial charge on any atom is -0.247 e. The molecule has 0 spiro atoms. The van der Waals surface area contributed by atoms with Crippen molar-refractivity contribution in [3.05, 3.63) is 291 Å². The number of pyridine rings is 6. The van der Waals surface area contributed by atoms with Crippen molar-refractivity contribution in [2.45, 2.75) is 0 Å². The Kier molecular flexibility index (Phi) is 11.7. The van der Waals surface area contributed by atoms with Crippen LogP contribution in [0.1, 0.15) is 0 Å². The van der Waals surface area contributed by atoms with E-state index in [0.29, 0.717) is 0 Å². The normalized spacial score (nSPS) is 12.0. The first-order chi connectivity index (χ1) is 46.5. The third kappa shape index (κ3) is 8.33. The van der Waals surface area contributed by atoms with Gasteiger partial charge in [-0.25, -0.2) is 29.9 Å². The number of nitrogens with zero attached hydrogens (tertiary/aromatic N) is 6. The molecule has 0 radical (unpaired) electrons. The fourth-order valence-electron chi connectivity index (χ4n) is 14.5. The number of thiophene rings is 2. The van der Waals surface area contributed by atoms with Crippen LogP contribution >= 0.6 is 22.7 Å². The van der Waals surface area contributed by atoms with E-state index in [9.17, 15) is 0 Å². The van der Waals surface area contributed by atoms with Gasteiger partial charge in [0.1, 0.15) is 0 Å². The fourth-order valence-corrected chi connectivity index (χ4v) is 17.0. The van der Waals surface area contributed by atoms with E-state index in [1.165, 1.54) is 56.5 Å². The van der Waals surface area contributed by atoms with Crippen molar-refractivity contribution in [2.75, 3.05) is 0 Å². The van der Waals surface area contributed by atoms with Crippen molar-refractivity contribution in [3.63, 3.8) is 0 Å². The van der Waals surface area contributed by atoms with Gasteiger partial charge >= 0.3 is 0 Å². The van der Waals surface area contributed by atoms with Gasteiger partial charge in [0.15, 0.2) is 0 Å². The molecule has 8 heterocycles. The number of aromatic nitrogens is 6. The summed E-state index contributed by atoms with van der Waals surface area (Å²) < 4.78 is 5.08. The third-order valence-electron chi connectivity index (χ3n) is 19.0. The second-order valence-corrected chi connectivity index (χ2v) is 26.5. The van der Waals surface area contributed by atoms with Crippen molar-refractivity contribution in [1.82, 2.24) is 29.9 Å². The maximum absolute atomic E-state index is 5.64. The van der Waals surface area contributed by atoms with Crippen molar-refractivity contribution >= 4 is 150 Å². The molecule has 8 aromatic heterocycles. The lowest BCUT2D eigenvalue weighted by Crippen LogP contribution is -1.95. The maximum atomic E-state index is 5.64. The summed E-state index contributed by atoms with van der Waals surface area (Å²) in [5.74, 6) is 0. The topological polar surface area (TPSA) is 77.3 Å². The zero-order valence-corrected chi connectivity index (χ0v) is 51.8. The van der Waals surface area contributed by atoms with Gasteiger partial charge in [0.2, 0.25) is 0 Å². The van der Waals surface area contributed by atoms with Crippen LogP contribution < -0.4 is 0 Å². The monoisotopic (exact) mass is 1230 g/mol. The van der Waals surface area contributed by atoms with E-state index in [2.05, 4.69) is 285 Å². The van der Waals surface area contributed by atoms with E-state index in [1.807, 2.05) is 28.7 Å². The van der Waals surface area contributed by atoms with E-state index in [0.717, 1.165) is 149 Å². The van der Waals surface area contributed by atoms with Crippen LogP contribution in [-0.4, -0.2) is 29.9 Å². The summed E-state index contributed by atoms with van der Waals surface area (Å²) in [6, 6.07) is 104. The Morgan fingerprint density at radius 3 is 1.28 bits per heavy atom. The van der Waals surface area contributed by atoms with Crippen LogP contribution in [0.3, 0.4) is 0 Å². The molecule has 0 saturated carbocycles. The average Bonchev–Trinajstić information content (AvgIpc) is 1.33. The highest BCUT2D eigenvalue weighted by molar-refractivity contribution is 7.27. The van der Waals surface area contributed by atoms with Crippen LogP contribution in [0, 0.1) is 0 Å². The number of benzene rings is 12. The first-order valence-corrected chi connectivity index (χ1v) is 33.3. The molecule has 0 unspecified atom stereocenters. The van der Waals surface area contributed by atoms with Gasteiger partial charge in [0.25, 0.3) is 0 Å². The zero-order valence-electron chi connectivity index (χ0n) is 50.2. The predicted molar refractivity (Wildman–Crippen MR) is 397 cm³/mol. The van der Waals surface area contributed by atoms with E-state index in [-0.39, 0.29) is 0 Å². The highest BCUT2D eigenvalue weighted by Crippen LogP contribution is 2.47. The summed E-state index contributed by atoms with van der Waals surface area (Å²) in [4.78, 5) is 32.7. The molecule has 0 aliphatic heterocycles. The molecule has 20 aromatic rings. The summed E-state index contributed by atoms with van der Waals surface area (Å²) in [5, 5.41) is 16.1. The number of rotatable bonds is 7. The molecule has 0 aliphatic rings. The number of hydrogen-bond donors (Lipinski definition) is 0. The fraction of sp³-hybridized carbons (Fsp3) is 0. The standard InChI is InChI=1S/C86H48N6S2/c1-3-14-49(15-4-1)69-41-32-53-30-31-54-33-42-72(89-82(54)81(53)87-69)56-18-13-19-57(46-56)80-66-39-37-63-60-21-9-12-25-76(60)94-86(63)78(66)68-47-55(34-44-74(68)92-80)67-48-58-35-43-70(88-83(58)84-61(67)40-45-71(90-84)50-16-5-2-6-17-50)51-26-28-52(29-27-51)79-65-38-36-62-59-20-8-11-24-75(59)93-85(62)77(65)64-22-7-10-23-73(64)91-79/h1-48H. The van der Waals surface area contributed by atoms with Gasteiger partial charge in [0.05, 0.1) is 67.3 Å². The SMILES string of the molecule is c1ccc(-c2ccc3ccc4ccc(-c5cccc(-c6nc7ccc(-c8cc9ccc(-c%10ccc(-c%11nc%12ccccc%12c%12c%11ccc%11c%13ccccc%13sc%11%12)cc%10)nc9c9nc(-c%10ccccc%10)ccc89)cc7c7c6ccc6c8ccccc8sc67)c5)nc4c3n2)cc1. The van der Waals surface area contributed by atoms with Gasteiger partial charge in [-0.3, -0.25) is 0 Å².